The Kier molecular flexibility index (Phi) is 0.970. The zero-order chi connectivity index (χ0) is 6.81. The molecule has 0 atom stereocenters. The minimum atomic E-state index is 0.272. The molecular weight excluding hydrogens is 136 g/mol. The highest BCUT2D eigenvalue weighted by Crippen LogP contribution is 2.08. The summed E-state index contributed by atoms with van der Waals surface area (Å²) in [4.78, 5) is 3.68. The van der Waals surface area contributed by atoms with Crippen molar-refractivity contribution in [3.63, 3.8) is 0 Å². The Labute approximate surface area is 54.8 Å². The molecule has 6 nitrogen and oxygen atoms in total. The molecule has 0 bridgehead atoms. The average Bonchev–Trinajstić information content (AvgIpc) is 2.59. The molecule has 2 heterocycles. The molecule has 0 aliphatic heterocycles. The van der Waals surface area contributed by atoms with E-state index in [0.29, 0.717) is 5.82 Å². The highest BCUT2D eigenvalue weighted by atomic mass is 16.5. The molecule has 0 saturated heterocycles. The van der Waals surface area contributed by atoms with E-state index < -0.39 is 0 Å². The van der Waals surface area contributed by atoms with Gasteiger partial charge in [0.05, 0.1) is 0 Å². The van der Waals surface area contributed by atoms with Gasteiger partial charge in [0, 0.05) is 5.27 Å². The second-order valence-corrected chi connectivity index (χ2v) is 1.47. The van der Waals surface area contributed by atoms with Gasteiger partial charge in [0.2, 0.25) is 18.0 Å². The van der Waals surface area contributed by atoms with Gasteiger partial charge in [0.15, 0.2) is 6.20 Å². The first-order valence-electron chi connectivity index (χ1n) is 2.43. The molecule has 2 aromatic heterocycles. The lowest BCUT2D eigenvalue weighted by molar-refractivity contribution is 0.391. The summed E-state index contributed by atoms with van der Waals surface area (Å²) in [5.74, 6) is 0.568. The van der Waals surface area contributed by atoms with Crippen LogP contribution in [-0.4, -0.2) is 20.5 Å². The monoisotopic (exact) mass is 137 g/mol. The van der Waals surface area contributed by atoms with Gasteiger partial charge in [-0.15, -0.1) is 5.10 Å². The number of hydrogen-bond acceptors (Lipinski definition) is 6. The van der Waals surface area contributed by atoms with Gasteiger partial charge in [-0.1, -0.05) is 5.16 Å². The van der Waals surface area contributed by atoms with Crippen molar-refractivity contribution < 1.29 is 9.05 Å². The van der Waals surface area contributed by atoms with Crippen LogP contribution in [0, 0.1) is 6.20 Å². The largest absolute Gasteiger partial charge is 0.342 e. The summed E-state index contributed by atoms with van der Waals surface area (Å²) < 4.78 is 9.02. The fourth-order valence-corrected chi connectivity index (χ4v) is 0.509. The molecule has 49 valence electrons. The zero-order valence-corrected chi connectivity index (χ0v) is 4.68. The van der Waals surface area contributed by atoms with Crippen LogP contribution in [0.15, 0.2) is 15.4 Å². The van der Waals surface area contributed by atoms with Crippen molar-refractivity contribution in [1.82, 2.24) is 20.5 Å². The Balaban J connectivity index is 2.48. The molecule has 0 aliphatic rings. The van der Waals surface area contributed by atoms with E-state index >= 15 is 0 Å². The normalized spacial score (nSPS) is 10.0. The van der Waals surface area contributed by atoms with Gasteiger partial charge in [-0.3, -0.25) is 0 Å². The Hall–Kier alpha value is -1.72. The Morgan fingerprint density at radius 2 is 2.50 bits per heavy atom. The summed E-state index contributed by atoms with van der Waals surface area (Å²) in [7, 11) is 0. The molecule has 0 unspecified atom stereocenters. The maximum atomic E-state index is 4.58. The highest BCUT2D eigenvalue weighted by molar-refractivity contribution is 5.40. The third kappa shape index (κ3) is 0.661. The minimum Gasteiger partial charge on any atom is -0.342 e. The average molecular weight is 137 g/mol. The van der Waals surface area contributed by atoms with Gasteiger partial charge in [-0.2, -0.15) is 4.98 Å². The van der Waals surface area contributed by atoms with Crippen LogP contribution in [0.4, 0.5) is 0 Å². The molecule has 2 aromatic rings. The predicted octanol–water partition coefficient (Wildman–Crippen LogP) is -0.0802. The molecule has 6 heteroatoms. The molecule has 0 N–H and O–H groups in total. The van der Waals surface area contributed by atoms with Crippen LogP contribution in [0.5, 0.6) is 0 Å². The lowest BCUT2D eigenvalue weighted by Gasteiger charge is -1.75. The Bertz CT molecular complexity index is 255. The Morgan fingerprint density at radius 1 is 1.50 bits per heavy atom. The van der Waals surface area contributed by atoms with Crippen LogP contribution in [0.25, 0.3) is 11.6 Å². The molecule has 0 fully saturated rings. The van der Waals surface area contributed by atoms with E-state index in [1.54, 1.807) is 0 Å². The third-order valence-electron chi connectivity index (χ3n) is 0.889. The maximum absolute atomic E-state index is 4.58. The van der Waals surface area contributed by atoms with Gasteiger partial charge in [0.25, 0.3) is 0 Å². The second kappa shape index (κ2) is 1.90. The van der Waals surface area contributed by atoms with E-state index in [-0.39, 0.29) is 5.76 Å². The lowest BCUT2D eigenvalue weighted by atomic mass is 10.5. The molecule has 0 aliphatic carbocycles. The fourth-order valence-electron chi connectivity index (χ4n) is 0.509. The topological polar surface area (TPSA) is 77.8 Å². The van der Waals surface area contributed by atoms with Gasteiger partial charge >= 0.3 is 0 Å². The Morgan fingerprint density at radius 3 is 3.10 bits per heavy atom. The van der Waals surface area contributed by atoms with E-state index in [1.165, 1.54) is 6.39 Å². The van der Waals surface area contributed by atoms with E-state index in [4.69, 9.17) is 0 Å². The fraction of sp³-hybridized carbons (Fsp3) is 0. The van der Waals surface area contributed by atoms with Crippen molar-refractivity contribution in [2.24, 2.45) is 0 Å². The smallest absolute Gasteiger partial charge is 0.243 e. The van der Waals surface area contributed by atoms with Crippen molar-refractivity contribution in [3.8, 4) is 11.6 Å². The SMILES string of the molecule is [c]1nnoc1-c1ncon1. The number of aromatic nitrogens is 4. The molecular formula is C4HN4O2. The molecule has 0 saturated carbocycles. The quantitative estimate of drug-likeness (QED) is 0.547. The van der Waals surface area contributed by atoms with Crippen LogP contribution >= 0.6 is 0 Å². The van der Waals surface area contributed by atoms with Crippen LogP contribution in [0.2, 0.25) is 0 Å². The summed E-state index contributed by atoms with van der Waals surface area (Å²) in [5.41, 5.74) is 0. The molecule has 0 spiro atoms. The molecule has 0 amide bonds. The molecule has 10 heavy (non-hydrogen) atoms. The number of nitrogens with zero attached hydrogens (tertiary/aromatic N) is 4. The molecule has 2 rings (SSSR count). The van der Waals surface area contributed by atoms with Crippen molar-refractivity contribution in [3.05, 3.63) is 12.6 Å². The van der Waals surface area contributed by atoms with E-state index in [9.17, 15) is 0 Å². The first-order chi connectivity index (χ1) is 4.97. The van der Waals surface area contributed by atoms with Crippen LogP contribution in [0.1, 0.15) is 0 Å². The van der Waals surface area contributed by atoms with Crippen molar-refractivity contribution >= 4 is 0 Å². The number of rotatable bonds is 1. The summed E-state index contributed by atoms with van der Waals surface area (Å²) in [6.07, 6.45) is 3.61. The second-order valence-electron chi connectivity index (χ2n) is 1.47. The summed E-state index contributed by atoms with van der Waals surface area (Å²) >= 11 is 0. The standard InChI is InChI=1S/C4HN4O2/c1-3(10-8-6-1)4-5-2-9-7-4/h2H. The summed E-state index contributed by atoms with van der Waals surface area (Å²) in [6.45, 7) is 0. The lowest BCUT2D eigenvalue weighted by Crippen LogP contribution is -1.74. The van der Waals surface area contributed by atoms with Gasteiger partial charge in [0.1, 0.15) is 0 Å². The summed E-state index contributed by atoms with van der Waals surface area (Å²) in [6, 6.07) is 0. The third-order valence-corrected chi connectivity index (χ3v) is 0.889. The van der Waals surface area contributed by atoms with E-state index in [2.05, 4.69) is 35.8 Å². The predicted molar refractivity (Wildman–Crippen MR) is 26.4 cm³/mol. The first kappa shape index (κ1) is 5.10. The first-order valence-corrected chi connectivity index (χ1v) is 2.43. The number of hydrogen-bond donors (Lipinski definition) is 0. The van der Waals surface area contributed by atoms with Crippen molar-refractivity contribution in [1.29, 1.82) is 0 Å². The van der Waals surface area contributed by atoms with Crippen molar-refractivity contribution in [2.75, 3.05) is 0 Å². The van der Waals surface area contributed by atoms with Gasteiger partial charge in [-0.05, 0) is 0 Å². The molecule has 0 aromatic carbocycles. The zero-order valence-electron chi connectivity index (χ0n) is 4.68. The van der Waals surface area contributed by atoms with Crippen LogP contribution in [0.3, 0.4) is 0 Å². The van der Waals surface area contributed by atoms with Gasteiger partial charge in [-0.25, -0.2) is 0 Å². The van der Waals surface area contributed by atoms with Gasteiger partial charge < -0.3 is 9.05 Å². The van der Waals surface area contributed by atoms with Crippen LogP contribution < -0.4 is 0 Å². The molecule has 1 radical (unpaired) electrons. The van der Waals surface area contributed by atoms with Crippen molar-refractivity contribution in [2.45, 2.75) is 0 Å². The van der Waals surface area contributed by atoms with E-state index in [0.717, 1.165) is 0 Å². The highest BCUT2D eigenvalue weighted by Gasteiger charge is 2.07. The summed E-state index contributed by atoms with van der Waals surface area (Å²) in [5, 5.41) is 9.96. The van der Waals surface area contributed by atoms with E-state index in [1.807, 2.05) is 0 Å². The van der Waals surface area contributed by atoms with Crippen LogP contribution in [-0.2, 0) is 0 Å². The maximum Gasteiger partial charge on any atom is 0.243 e. The minimum absolute atomic E-state index is 0.272.